The third-order valence-corrected chi connectivity index (χ3v) is 3.48. The molecule has 5 heteroatoms. The zero-order valence-corrected chi connectivity index (χ0v) is 11.0. The van der Waals surface area contributed by atoms with Crippen LogP contribution in [0.25, 0.3) is 0 Å². The first-order valence-corrected chi connectivity index (χ1v) is 6.28. The second-order valence-electron chi connectivity index (χ2n) is 4.06. The molecule has 2 rings (SSSR count). The van der Waals surface area contributed by atoms with Crippen LogP contribution in [-0.4, -0.2) is 14.8 Å². The topological polar surface area (TPSA) is 56.7 Å². The van der Waals surface area contributed by atoms with Crippen molar-refractivity contribution in [2.24, 2.45) is 12.8 Å². The van der Waals surface area contributed by atoms with Crippen LogP contribution < -0.4 is 5.73 Å². The van der Waals surface area contributed by atoms with Gasteiger partial charge in [0.2, 0.25) is 0 Å². The van der Waals surface area contributed by atoms with Crippen LogP contribution in [0.4, 0.5) is 0 Å². The Morgan fingerprint density at radius 2 is 2.18 bits per heavy atom. The SMILES string of the molecule is Cc1cc(Sc2ccc([C@@H](C)N)nc2)n(C)n1. The smallest absolute Gasteiger partial charge is 0.0987 e. The normalized spacial score (nSPS) is 12.7. The van der Waals surface area contributed by atoms with E-state index in [1.807, 2.05) is 43.9 Å². The van der Waals surface area contributed by atoms with Crippen LogP contribution in [0.2, 0.25) is 0 Å². The summed E-state index contributed by atoms with van der Waals surface area (Å²) >= 11 is 1.65. The van der Waals surface area contributed by atoms with Gasteiger partial charge in [-0.05, 0) is 32.0 Å². The Hall–Kier alpha value is -1.33. The van der Waals surface area contributed by atoms with Gasteiger partial charge in [-0.25, -0.2) is 0 Å². The second-order valence-corrected chi connectivity index (χ2v) is 5.15. The van der Waals surface area contributed by atoms with Gasteiger partial charge in [0.25, 0.3) is 0 Å². The number of hydrogen-bond donors (Lipinski definition) is 1. The first-order valence-electron chi connectivity index (χ1n) is 5.46. The molecule has 0 aliphatic carbocycles. The van der Waals surface area contributed by atoms with Gasteiger partial charge in [0.15, 0.2) is 0 Å². The summed E-state index contributed by atoms with van der Waals surface area (Å²) in [4.78, 5) is 5.43. The minimum atomic E-state index is -0.0204. The molecule has 0 spiro atoms. The van der Waals surface area contributed by atoms with E-state index in [9.17, 15) is 0 Å². The molecule has 2 aromatic rings. The van der Waals surface area contributed by atoms with Crippen molar-refractivity contribution in [1.82, 2.24) is 14.8 Å². The van der Waals surface area contributed by atoms with Crippen molar-refractivity contribution < 1.29 is 0 Å². The Morgan fingerprint density at radius 3 is 2.65 bits per heavy atom. The number of aryl methyl sites for hydroxylation is 2. The van der Waals surface area contributed by atoms with E-state index in [0.717, 1.165) is 21.3 Å². The largest absolute Gasteiger partial charge is 0.323 e. The Labute approximate surface area is 105 Å². The summed E-state index contributed by atoms with van der Waals surface area (Å²) in [6, 6.07) is 6.05. The van der Waals surface area contributed by atoms with Gasteiger partial charge in [0.1, 0.15) is 0 Å². The van der Waals surface area contributed by atoms with E-state index < -0.39 is 0 Å². The van der Waals surface area contributed by atoms with Crippen molar-refractivity contribution in [2.45, 2.75) is 29.8 Å². The Morgan fingerprint density at radius 1 is 1.41 bits per heavy atom. The van der Waals surface area contributed by atoms with E-state index >= 15 is 0 Å². The molecule has 4 nitrogen and oxygen atoms in total. The van der Waals surface area contributed by atoms with Gasteiger partial charge in [-0.2, -0.15) is 5.10 Å². The first-order chi connectivity index (χ1) is 8.06. The Balaban J connectivity index is 2.16. The zero-order chi connectivity index (χ0) is 12.4. The predicted octanol–water partition coefficient (Wildman–Crippen LogP) is 2.29. The van der Waals surface area contributed by atoms with Gasteiger partial charge in [0, 0.05) is 24.2 Å². The third-order valence-electron chi connectivity index (χ3n) is 2.41. The fourth-order valence-corrected chi connectivity index (χ4v) is 2.41. The molecule has 1 atom stereocenters. The summed E-state index contributed by atoms with van der Waals surface area (Å²) in [6.07, 6.45) is 1.85. The van der Waals surface area contributed by atoms with Crippen LogP contribution in [-0.2, 0) is 7.05 Å². The number of aromatic nitrogens is 3. The molecule has 90 valence electrons. The van der Waals surface area contributed by atoms with Crippen molar-refractivity contribution in [2.75, 3.05) is 0 Å². The summed E-state index contributed by atoms with van der Waals surface area (Å²) < 4.78 is 1.87. The molecule has 2 N–H and O–H groups in total. The fourth-order valence-electron chi connectivity index (χ4n) is 1.52. The number of nitrogens with zero attached hydrogens (tertiary/aromatic N) is 3. The second kappa shape index (κ2) is 4.89. The Bertz CT molecular complexity index is 502. The fraction of sp³-hybridized carbons (Fsp3) is 0.333. The standard InChI is InChI=1S/C12H16N4S/c1-8-6-12(16(3)15-8)17-10-4-5-11(9(2)13)14-7-10/h4-7,9H,13H2,1-3H3/t9-/m1/s1. The van der Waals surface area contributed by atoms with Gasteiger partial charge >= 0.3 is 0 Å². The molecule has 2 heterocycles. The third kappa shape index (κ3) is 2.87. The molecule has 0 radical (unpaired) electrons. The highest BCUT2D eigenvalue weighted by molar-refractivity contribution is 7.99. The van der Waals surface area contributed by atoms with E-state index in [1.165, 1.54) is 0 Å². The number of rotatable bonds is 3. The quantitative estimate of drug-likeness (QED) is 0.905. The number of pyridine rings is 1. The van der Waals surface area contributed by atoms with Crippen molar-refractivity contribution in [3.8, 4) is 0 Å². The highest BCUT2D eigenvalue weighted by Crippen LogP contribution is 2.27. The molecule has 0 bridgehead atoms. The lowest BCUT2D eigenvalue weighted by molar-refractivity contribution is 0.692. The number of nitrogens with two attached hydrogens (primary N) is 1. The average molecular weight is 248 g/mol. The lowest BCUT2D eigenvalue weighted by Gasteiger charge is -2.05. The number of hydrogen-bond acceptors (Lipinski definition) is 4. The minimum absolute atomic E-state index is 0.0204. The maximum Gasteiger partial charge on any atom is 0.0987 e. The first kappa shape index (κ1) is 12.1. The molecular weight excluding hydrogens is 232 g/mol. The summed E-state index contributed by atoms with van der Waals surface area (Å²) in [5, 5.41) is 5.42. The lowest BCUT2D eigenvalue weighted by atomic mass is 10.2. The molecule has 17 heavy (non-hydrogen) atoms. The van der Waals surface area contributed by atoms with Crippen LogP contribution in [0.1, 0.15) is 24.4 Å². The van der Waals surface area contributed by atoms with E-state index in [1.54, 1.807) is 11.8 Å². The maximum absolute atomic E-state index is 5.76. The summed E-state index contributed by atoms with van der Waals surface area (Å²) in [5.41, 5.74) is 7.70. The Kier molecular flexibility index (Phi) is 3.49. The van der Waals surface area contributed by atoms with Crippen molar-refractivity contribution in [1.29, 1.82) is 0 Å². The average Bonchev–Trinajstić information content (AvgIpc) is 2.58. The molecule has 0 unspecified atom stereocenters. The van der Waals surface area contributed by atoms with Crippen LogP contribution in [0.15, 0.2) is 34.3 Å². The minimum Gasteiger partial charge on any atom is -0.323 e. The van der Waals surface area contributed by atoms with Crippen molar-refractivity contribution in [3.05, 3.63) is 35.8 Å². The summed E-state index contributed by atoms with van der Waals surface area (Å²) in [6.45, 7) is 3.92. The van der Waals surface area contributed by atoms with Gasteiger partial charge in [-0.3, -0.25) is 9.67 Å². The highest BCUT2D eigenvalue weighted by Gasteiger charge is 2.06. The molecular formula is C12H16N4S. The summed E-state index contributed by atoms with van der Waals surface area (Å²) in [5.74, 6) is 0. The molecule has 0 aliphatic heterocycles. The molecule has 0 aromatic carbocycles. The van der Waals surface area contributed by atoms with Gasteiger partial charge in [-0.1, -0.05) is 11.8 Å². The van der Waals surface area contributed by atoms with E-state index in [-0.39, 0.29) is 6.04 Å². The monoisotopic (exact) mass is 248 g/mol. The molecule has 0 aliphatic rings. The van der Waals surface area contributed by atoms with E-state index in [4.69, 9.17) is 5.73 Å². The van der Waals surface area contributed by atoms with Gasteiger partial charge in [-0.15, -0.1) is 0 Å². The zero-order valence-electron chi connectivity index (χ0n) is 10.2. The van der Waals surface area contributed by atoms with Gasteiger partial charge < -0.3 is 5.73 Å². The van der Waals surface area contributed by atoms with Crippen LogP contribution in [0.3, 0.4) is 0 Å². The maximum atomic E-state index is 5.76. The predicted molar refractivity (Wildman–Crippen MR) is 68.9 cm³/mol. The van der Waals surface area contributed by atoms with Crippen molar-refractivity contribution >= 4 is 11.8 Å². The molecule has 0 saturated heterocycles. The lowest BCUT2D eigenvalue weighted by Crippen LogP contribution is -2.06. The van der Waals surface area contributed by atoms with Crippen LogP contribution >= 0.6 is 11.8 Å². The molecule has 2 aromatic heterocycles. The van der Waals surface area contributed by atoms with E-state index in [0.29, 0.717) is 0 Å². The molecule has 0 amide bonds. The van der Waals surface area contributed by atoms with Crippen molar-refractivity contribution in [3.63, 3.8) is 0 Å². The van der Waals surface area contributed by atoms with Crippen LogP contribution in [0, 0.1) is 6.92 Å². The summed E-state index contributed by atoms with van der Waals surface area (Å²) in [7, 11) is 1.94. The van der Waals surface area contributed by atoms with Gasteiger partial charge in [0.05, 0.1) is 16.4 Å². The highest BCUT2D eigenvalue weighted by atomic mass is 32.2. The van der Waals surface area contributed by atoms with Crippen LogP contribution in [0.5, 0.6) is 0 Å². The molecule has 0 saturated carbocycles. The van der Waals surface area contributed by atoms with E-state index in [2.05, 4.69) is 16.1 Å². The molecule has 0 fully saturated rings.